The van der Waals surface area contributed by atoms with Crippen molar-refractivity contribution in [3.63, 3.8) is 0 Å². The average Bonchev–Trinajstić information content (AvgIpc) is 3.13. The first kappa shape index (κ1) is 15.1. The van der Waals surface area contributed by atoms with E-state index in [1.54, 1.807) is 11.3 Å². The van der Waals surface area contributed by atoms with Crippen LogP contribution in [0.25, 0.3) is 0 Å². The molecule has 1 fully saturated rings. The van der Waals surface area contributed by atoms with Gasteiger partial charge in [-0.25, -0.2) is 0 Å². The summed E-state index contributed by atoms with van der Waals surface area (Å²) in [5.74, 6) is 0.821. The van der Waals surface area contributed by atoms with Gasteiger partial charge in [0.2, 0.25) is 0 Å². The molecule has 0 bridgehead atoms. The molecule has 2 rings (SSSR count). The zero-order valence-corrected chi connectivity index (χ0v) is 12.8. The molecule has 1 aromatic heterocycles. The minimum Gasteiger partial charge on any atom is -0.376 e. The van der Waals surface area contributed by atoms with E-state index in [4.69, 9.17) is 4.74 Å². The molecule has 2 unspecified atom stereocenters. The van der Waals surface area contributed by atoms with Crippen LogP contribution < -0.4 is 10.6 Å². The van der Waals surface area contributed by atoms with E-state index in [0.29, 0.717) is 13.1 Å². The van der Waals surface area contributed by atoms with Crippen LogP contribution in [0.5, 0.6) is 0 Å². The van der Waals surface area contributed by atoms with Crippen molar-refractivity contribution in [2.45, 2.75) is 31.9 Å². The molecule has 1 aliphatic rings. The Balaban J connectivity index is 1.91. The Bertz CT molecular complexity index is 424. The molecule has 4 nitrogen and oxygen atoms in total. The fraction of sp³-hybridized carbons (Fsp3) is 0.533. The number of aliphatic imine (C=N–C) groups is 1. The van der Waals surface area contributed by atoms with Gasteiger partial charge in [-0.2, -0.15) is 0 Å². The molecular weight excluding hydrogens is 270 g/mol. The standard InChI is InChI=1S/C15H23N3OS/c1-3-8-16-15(17-11-13-6-4-9-19-13)18-12(2)14-7-5-10-20-14/h3,5,7,10,12-13H,1,4,6,8-9,11H2,2H3,(H2,16,17,18). The molecule has 0 radical (unpaired) electrons. The predicted molar refractivity (Wildman–Crippen MR) is 85.3 cm³/mol. The van der Waals surface area contributed by atoms with Gasteiger partial charge in [0.05, 0.1) is 18.7 Å². The van der Waals surface area contributed by atoms with E-state index in [0.717, 1.165) is 25.4 Å². The van der Waals surface area contributed by atoms with E-state index >= 15 is 0 Å². The van der Waals surface area contributed by atoms with Crippen LogP contribution in [0.3, 0.4) is 0 Å². The van der Waals surface area contributed by atoms with E-state index in [1.165, 1.54) is 4.88 Å². The number of hydrogen-bond donors (Lipinski definition) is 2. The second-order valence-corrected chi connectivity index (χ2v) is 5.85. The summed E-state index contributed by atoms with van der Waals surface area (Å²) in [5.41, 5.74) is 0. The van der Waals surface area contributed by atoms with Crippen molar-refractivity contribution in [2.24, 2.45) is 4.99 Å². The highest BCUT2D eigenvalue weighted by atomic mass is 32.1. The van der Waals surface area contributed by atoms with Gasteiger partial charge >= 0.3 is 0 Å². The van der Waals surface area contributed by atoms with Crippen LogP contribution >= 0.6 is 11.3 Å². The van der Waals surface area contributed by atoms with Crippen LogP contribution in [0, 0.1) is 0 Å². The van der Waals surface area contributed by atoms with Crippen LogP contribution in [-0.2, 0) is 4.74 Å². The molecular formula is C15H23N3OS. The number of hydrogen-bond acceptors (Lipinski definition) is 3. The van der Waals surface area contributed by atoms with Gasteiger partial charge in [0.1, 0.15) is 0 Å². The molecule has 0 aromatic carbocycles. The Morgan fingerprint density at radius 2 is 2.60 bits per heavy atom. The van der Waals surface area contributed by atoms with Crippen molar-refractivity contribution in [1.82, 2.24) is 10.6 Å². The molecule has 1 aliphatic heterocycles. The molecule has 5 heteroatoms. The lowest BCUT2D eigenvalue weighted by atomic mass is 10.2. The Hall–Kier alpha value is -1.33. The van der Waals surface area contributed by atoms with E-state index in [1.807, 2.05) is 6.08 Å². The molecule has 1 aromatic rings. The topological polar surface area (TPSA) is 45.7 Å². The van der Waals surface area contributed by atoms with E-state index in [2.05, 4.69) is 46.6 Å². The van der Waals surface area contributed by atoms with Gasteiger partial charge < -0.3 is 15.4 Å². The molecule has 2 N–H and O–H groups in total. The quantitative estimate of drug-likeness (QED) is 0.481. The van der Waals surface area contributed by atoms with Gasteiger partial charge in [-0.3, -0.25) is 4.99 Å². The summed E-state index contributed by atoms with van der Waals surface area (Å²) in [7, 11) is 0. The van der Waals surface area contributed by atoms with Gasteiger partial charge in [0, 0.05) is 18.0 Å². The lowest BCUT2D eigenvalue weighted by molar-refractivity contribution is 0.117. The molecule has 2 atom stereocenters. The van der Waals surface area contributed by atoms with E-state index < -0.39 is 0 Å². The molecule has 110 valence electrons. The largest absolute Gasteiger partial charge is 0.376 e. The number of nitrogens with one attached hydrogen (secondary N) is 2. The predicted octanol–water partition coefficient (Wildman–Crippen LogP) is 2.71. The molecule has 1 saturated heterocycles. The maximum atomic E-state index is 5.60. The first-order valence-electron chi connectivity index (χ1n) is 7.10. The highest BCUT2D eigenvalue weighted by Crippen LogP contribution is 2.18. The summed E-state index contributed by atoms with van der Waals surface area (Å²) >= 11 is 1.75. The third-order valence-corrected chi connectivity index (χ3v) is 4.27. The number of thiophene rings is 1. The molecule has 0 saturated carbocycles. The first-order valence-corrected chi connectivity index (χ1v) is 7.98. The summed E-state index contributed by atoms with van der Waals surface area (Å²) in [6.45, 7) is 8.16. The summed E-state index contributed by atoms with van der Waals surface area (Å²) in [6, 6.07) is 4.45. The number of ether oxygens (including phenoxy) is 1. The van der Waals surface area contributed by atoms with Gasteiger partial charge in [-0.15, -0.1) is 17.9 Å². The lowest BCUT2D eigenvalue weighted by Crippen LogP contribution is -2.39. The van der Waals surface area contributed by atoms with E-state index in [9.17, 15) is 0 Å². The molecule has 0 amide bonds. The smallest absolute Gasteiger partial charge is 0.192 e. The third kappa shape index (κ3) is 4.65. The normalized spacial score (nSPS) is 20.6. The van der Waals surface area contributed by atoms with Crippen LogP contribution in [0.15, 0.2) is 35.2 Å². The monoisotopic (exact) mass is 293 g/mol. The Morgan fingerprint density at radius 1 is 1.70 bits per heavy atom. The number of rotatable bonds is 6. The highest BCUT2D eigenvalue weighted by Gasteiger charge is 2.15. The first-order chi connectivity index (χ1) is 9.79. The van der Waals surface area contributed by atoms with Gasteiger partial charge in [-0.05, 0) is 31.2 Å². The second-order valence-electron chi connectivity index (χ2n) is 4.88. The Labute approximate surface area is 124 Å². The summed E-state index contributed by atoms with van der Waals surface area (Å²) in [6.07, 6.45) is 4.36. The van der Waals surface area contributed by atoms with E-state index in [-0.39, 0.29) is 12.1 Å². The molecule has 20 heavy (non-hydrogen) atoms. The second kappa shape index (κ2) is 8.07. The highest BCUT2D eigenvalue weighted by molar-refractivity contribution is 7.10. The fourth-order valence-corrected chi connectivity index (χ4v) is 2.85. The van der Waals surface area contributed by atoms with Crippen molar-refractivity contribution in [2.75, 3.05) is 19.7 Å². The number of nitrogens with zero attached hydrogens (tertiary/aromatic N) is 1. The summed E-state index contributed by atoms with van der Waals surface area (Å²) in [4.78, 5) is 5.92. The van der Waals surface area contributed by atoms with Crippen LogP contribution in [0.4, 0.5) is 0 Å². The summed E-state index contributed by atoms with van der Waals surface area (Å²) in [5, 5.41) is 8.77. The van der Waals surface area contributed by atoms with Crippen LogP contribution in [0.1, 0.15) is 30.7 Å². The third-order valence-electron chi connectivity index (χ3n) is 3.21. The molecule has 0 spiro atoms. The van der Waals surface area contributed by atoms with Gasteiger partial charge in [0.15, 0.2) is 5.96 Å². The van der Waals surface area contributed by atoms with Crippen molar-refractivity contribution in [3.05, 3.63) is 35.0 Å². The van der Waals surface area contributed by atoms with Crippen LogP contribution in [0.2, 0.25) is 0 Å². The number of guanidine groups is 1. The summed E-state index contributed by atoms with van der Waals surface area (Å²) < 4.78 is 5.60. The minimum absolute atomic E-state index is 0.246. The maximum absolute atomic E-state index is 5.60. The van der Waals surface area contributed by atoms with Crippen molar-refractivity contribution < 1.29 is 4.74 Å². The van der Waals surface area contributed by atoms with Crippen molar-refractivity contribution in [1.29, 1.82) is 0 Å². The zero-order valence-electron chi connectivity index (χ0n) is 12.0. The van der Waals surface area contributed by atoms with Crippen molar-refractivity contribution >= 4 is 17.3 Å². The SMILES string of the molecule is C=CCNC(=NCC1CCCO1)NC(C)c1cccs1. The zero-order chi connectivity index (χ0) is 14.2. The minimum atomic E-state index is 0.246. The van der Waals surface area contributed by atoms with Gasteiger partial charge in [0.25, 0.3) is 0 Å². The lowest BCUT2D eigenvalue weighted by Gasteiger charge is -2.17. The molecule has 0 aliphatic carbocycles. The van der Waals surface area contributed by atoms with Crippen LogP contribution in [-0.4, -0.2) is 31.8 Å². The maximum Gasteiger partial charge on any atom is 0.192 e. The average molecular weight is 293 g/mol. The Morgan fingerprint density at radius 3 is 3.25 bits per heavy atom. The fourth-order valence-electron chi connectivity index (χ4n) is 2.12. The Kier molecular flexibility index (Phi) is 6.08. The van der Waals surface area contributed by atoms with Crippen molar-refractivity contribution in [3.8, 4) is 0 Å². The molecule has 2 heterocycles. The van der Waals surface area contributed by atoms with Gasteiger partial charge in [-0.1, -0.05) is 12.1 Å².